The van der Waals surface area contributed by atoms with Crippen LogP contribution in [0.2, 0.25) is 0 Å². The second-order valence-electron chi connectivity index (χ2n) is 6.79. The van der Waals surface area contributed by atoms with Gasteiger partial charge in [-0.1, -0.05) is 23.8 Å². The molecule has 2 aliphatic heterocycles. The Hall–Kier alpha value is -1.77. The number of anilines is 1. The summed E-state index contributed by atoms with van der Waals surface area (Å²) in [7, 11) is 0. The molecule has 3 nitrogen and oxygen atoms in total. The van der Waals surface area contributed by atoms with Crippen LogP contribution in [0.1, 0.15) is 37.0 Å². The number of para-hydroxylation sites is 1. The van der Waals surface area contributed by atoms with Gasteiger partial charge in [-0.25, -0.2) is 0 Å². The van der Waals surface area contributed by atoms with Crippen molar-refractivity contribution < 1.29 is 4.79 Å². The molecule has 1 fully saturated rings. The van der Waals surface area contributed by atoms with Crippen LogP contribution in [-0.4, -0.2) is 36.0 Å². The largest absolute Gasteiger partial charge is 0.365 e. The average molecular weight is 282 g/mol. The molecule has 0 N–H and O–H groups in total. The van der Waals surface area contributed by atoms with Crippen LogP contribution in [0.25, 0.3) is 0 Å². The normalized spacial score (nSPS) is 27.4. The van der Waals surface area contributed by atoms with Gasteiger partial charge in [0.05, 0.1) is 5.56 Å². The molecule has 1 aliphatic carbocycles. The topological polar surface area (TPSA) is 23.6 Å². The lowest BCUT2D eigenvalue weighted by Gasteiger charge is -2.29. The summed E-state index contributed by atoms with van der Waals surface area (Å²) in [5.74, 6) is 0.891. The molecule has 110 valence electrons. The highest BCUT2D eigenvalue weighted by molar-refractivity contribution is 6.00. The molecule has 0 aromatic heterocycles. The molecule has 3 heteroatoms. The van der Waals surface area contributed by atoms with Gasteiger partial charge in [0.1, 0.15) is 0 Å². The standard InChI is InChI=1S/C18H22N2O/c1-12(2)19-11-15-9-14(13-7-8-13)10-20(15)17-6-4-3-5-16(17)18(19)21/h3-7,12,14-15H,8-11H2,1-2H3. The van der Waals surface area contributed by atoms with E-state index in [9.17, 15) is 4.79 Å². The molecule has 4 rings (SSSR count). The highest BCUT2D eigenvalue weighted by Crippen LogP contribution is 2.41. The first-order valence-electron chi connectivity index (χ1n) is 8.00. The highest BCUT2D eigenvalue weighted by Gasteiger charge is 2.41. The number of hydrogen-bond donors (Lipinski definition) is 0. The van der Waals surface area contributed by atoms with E-state index in [0.717, 1.165) is 24.3 Å². The zero-order valence-corrected chi connectivity index (χ0v) is 12.7. The van der Waals surface area contributed by atoms with Gasteiger partial charge in [-0.3, -0.25) is 4.79 Å². The minimum atomic E-state index is 0.192. The molecule has 0 saturated carbocycles. The second-order valence-corrected chi connectivity index (χ2v) is 6.79. The molecule has 1 aromatic carbocycles. The van der Waals surface area contributed by atoms with Gasteiger partial charge in [-0.05, 0) is 44.7 Å². The van der Waals surface area contributed by atoms with Crippen molar-refractivity contribution in [3.05, 3.63) is 41.5 Å². The fraction of sp³-hybridized carbons (Fsp3) is 0.500. The van der Waals surface area contributed by atoms with Crippen LogP contribution >= 0.6 is 0 Å². The predicted octanol–water partition coefficient (Wildman–Crippen LogP) is 3.08. The summed E-state index contributed by atoms with van der Waals surface area (Å²) in [6.45, 7) is 6.17. The van der Waals surface area contributed by atoms with Crippen LogP contribution in [0.15, 0.2) is 35.9 Å². The Kier molecular flexibility index (Phi) is 2.84. The molecular formula is C18H22N2O. The Balaban J connectivity index is 1.76. The van der Waals surface area contributed by atoms with Crippen molar-refractivity contribution >= 4 is 11.6 Å². The lowest BCUT2D eigenvalue weighted by atomic mass is 10.0. The van der Waals surface area contributed by atoms with E-state index in [4.69, 9.17) is 0 Å². The monoisotopic (exact) mass is 282 g/mol. The van der Waals surface area contributed by atoms with Gasteiger partial charge < -0.3 is 9.80 Å². The zero-order chi connectivity index (χ0) is 14.6. The van der Waals surface area contributed by atoms with E-state index in [-0.39, 0.29) is 11.9 Å². The second kappa shape index (κ2) is 4.62. The molecular weight excluding hydrogens is 260 g/mol. The van der Waals surface area contributed by atoms with Crippen molar-refractivity contribution in [1.29, 1.82) is 0 Å². The molecule has 2 heterocycles. The molecule has 0 radical (unpaired) electrons. The van der Waals surface area contributed by atoms with Crippen molar-refractivity contribution in [2.45, 2.75) is 38.8 Å². The first-order chi connectivity index (χ1) is 10.1. The molecule has 2 atom stereocenters. The molecule has 3 aliphatic rings. The van der Waals surface area contributed by atoms with Gasteiger partial charge in [0.25, 0.3) is 5.91 Å². The summed E-state index contributed by atoms with van der Waals surface area (Å²) < 4.78 is 0. The number of benzene rings is 1. The summed E-state index contributed by atoms with van der Waals surface area (Å²) >= 11 is 0. The Bertz CT molecular complexity index is 619. The third kappa shape index (κ3) is 2.06. The number of hydrogen-bond acceptors (Lipinski definition) is 2. The van der Waals surface area contributed by atoms with Crippen LogP contribution in [-0.2, 0) is 0 Å². The minimum absolute atomic E-state index is 0.192. The predicted molar refractivity (Wildman–Crippen MR) is 84.6 cm³/mol. The fourth-order valence-corrected chi connectivity index (χ4v) is 3.86. The van der Waals surface area contributed by atoms with Gasteiger partial charge in [0.15, 0.2) is 0 Å². The van der Waals surface area contributed by atoms with Gasteiger partial charge in [0, 0.05) is 30.9 Å². The van der Waals surface area contributed by atoms with Crippen molar-refractivity contribution in [2.75, 3.05) is 18.0 Å². The highest BCUT2D eigenvalue weighted by atomic mass is 16.2. The third-order valence-corrected chi connectivity index (χ3v) is 5.11. The summed E-state index contributed by atoms with van der Waals surface area (Å²) in [6.07, 6.45) is 4.75. The molecule has 1 saturated heterocycles. The molecule has 0 bridgehead atoms. The van der Waals surface area contributed by atoms with E-state index < -0.39 is 0 Å². The number of carbonyl (C=O) groups excluding carboxylic acids is 1. The number of amides is 1. The number of allylic oxidation sites excluding steroid dienone is 1. The van der Waals surface area contributed by atoms with Gasteiger partial charge in [0.2, 0.25) is 0 Å². The Morgan fingerprint density at radius 3 is 2.67 bits per heavy atom. The number of fused-ring (bicyclic) bond motifs is 3. The van der Waals surface area contributed by atoms with Crippen molar-refractivity contribution in [2.24, 2.45) is 5.92 Å². The summed E-state index contributed by atoms with van der Waals surface area (Å²) in [4.78, 5) is 17.4. The van der Waals surface area contributed by atoms with E-state index in [1.807, 2.05) is 17.0 Å². The van der Waals surface area contributed by atoms with Crippen molar-refractivity contribution in [3.8, 4) is 0 Å². The quantitative estimate of drug-likeness (QED) is 0.778. The average Bonchev–Trinajstić information content (AvgIpc) is 3.25. The lowest BCUT2D eigenvalue weighted by molar-refractivity contribution is 0.0703. The van der Waals surface area contributed by atoms with Crippen molar-refractivity contribution in [1.82, 2.24) is 4.90 Å². The first-order valence-corrected chi connectivity index (χ1v) is 8.00. The number of nitrogens with zero attached hydrogens (tertiary/aromatic N) is 2. The summed E-state index contributed by atoms with van der Waals surface area (Å²) in [5, 5.41) is 0. The van der Waals surface area contributed by atoms with Crippen molar-refractivity contribution in [3.63, 3.8) is 0 Å². The molecule has 21 heavy (non-hydrogen) atoms. The Morgan fingerprint density at radius 2 is 1.95 bits per heavy atom. The van der Waals surface area contributed by atoms with Crippen LogP contribution in [0.4, 0.5) is 5.69 Å². The van der Waals surface area contributed by atoms with Crippen LogP contribution in [0.5, 0.6) is 0 Å². The van der Waals surface area contributed by atoms with E-state index in [1.54, 1.807) is 5.57 Å². The maximum atomic E-state index is 12.8. The first kappa shape index (κ1) is 12.9. The van der Waals surface area contributed by atoms with Crippen LogP contribution in [0.3, 0.4) is 0 Å². The maximum absolute atomic E-state index is 12.8. The SMILES string of the molecule is CC(C)N1CC2CC(C3=CC3)CN2c2ccccc2C1=O. The molecule has 1 aromatic rings. The minimum Gasteiger partial charge on any atom is -0.365 e. The van der Waals surface area contributed by atoms with Gasteiger partial charge in [-0.15, -0.1) is 0 Å². The Morgan fingerprint density at radius 1 is 1.19 bits per heavy atom. The van der Waals surface area contributed by atoms with Crippen LogP contribution < -0.4 is 4.90 Å². The molecule has 0 spiro atoms. The van der Waals surface area contributed by atoms with Crippen LogP contribution in [0, 0.1) is 5.92 Å². The maximum Gasteiger partial charge on any atom is 0.256 e. The van der Waals surface area contributed by atoms with Gasteiger partial charge in [-0.2, -0.15) is 0 Å². The Labute approximate surface area is 126 Å². The van der Waals surface area contributed by atoms with E-state index >= 15 is 0 Å². The molecule has 2 unspecified atom stereocenters. The zero-order valence-electron chi connectivity index (χ0n) is 12.7. The smallest absolute Gasteiger partial charge is 0.256 e. The summed E-state index contributed by atoms with van der Waals surface area (Å²) in [5.41, 5.74) is 3.64. The third-order valence-electron chi connectivity index (χ3n) is 5.11. The van der Waals surface area contributed by atoms with E-state index in [2.05, 4.69) is 37.0 Å². The van der Waals surface area contributed by atoms with E-state index in [1.165, 1.54) is 12.8 Å². The number of carbonyl (C=O) groups is 1. The molecule has 1 amide bonds. The summed E-state index contributed by atoms with van der Waals surface area (Å²) in [6, 6.07) is 8.85. The van der Waals surface area contributed by atoms with E-state index in [0.29, 0.717) is 12.0 Å². The van der Waals surface area contributed by atoms with Gasteiger partial charge >= 0.3 is 0 Å². The lowest BCUT2D eigenvalue weighted by Crippen LogP contribution is -2.43. The fourth-order valence-electron chi connectivity index (χ4n) is 3.86. The number of rotatable bonds is 2.